The Labute approximate surface area is 92.9 Å². The molecule has 0 bridgehead atoms. The van der Waals surface area contributed by atoms with Gasteiger partial charge in [0.25, 0.3) is 0 Å². The molecule has 15 heavy (non-hydrogen) atoms. The molecule has 0 amide bonds. The fourth-order valence-electron chi connectivity index (χ4n) is 0.963. The van der Waals surface area contributed by atoms with Crippen LogP contribution in [0.2, 0.25) is 0 Å². The van der Waals surface area contributed by atoms with Crippen molar-refractivity contribution in [2.45, 2.75) is 18.2 Å². The van der Waals surface area contributed by atoms with Gasteiger partial charge in [-0.25, -0.2) is 9.78 Å². The summed E-state index contributed by atoms with van der Waals surface area (Å²) < 4.78 is 0. The summed E-state index contributed by atoms with van der Waals surface area (Å²) in [6.07, 6.45) is 2.32. The molecule has 0 unspecified atom stereocenters. The van der Waals surface area contributed by atoms with Crippen LogP contribution in [0.4, 0.5) is 0 Å². The number of aromatic carboxylic acids is 1. The molecule has 0 radical (unpaired) electrons. The maximum absolute atomic E-state index is 10.6. The molecular weight excluding hydrogens is 210 g/mol. The zero-order chi connectivity index (χ0) is 11.1. The Balaban J connectivity index is 2.56. The van der Waals surface area contributed by atoms with E-state index in [0.717, 1.165) is 17.1 Å². The maximum atomic E-state index is 10.6. The fraction of sp³-hybridized carbons (Fsp3) is 0.273. The van der Waals surface area contributed by atoms with Gasteiger partial charge in [0.15, 0.2) is 0 Å². The molecule has 0 saturated heterocycles. The maximum Gasteiger partial charge on any atom is 0.354 e. The van der Waals surface area contributed by atoms with Gasteiger partial charge in [0.1, 0.15) is 5.69 Å². The molecule has 0 aliphatic heterocycles. The van der Waals surface area contributed by atoms with Crippen LogP contribution in [-0.4, -0.2) is 21.8 Å². The van der Waals surface area contributed by atoms with Crippen molar-refractivity contribution in [1.29, 1.82) is 0 Å². The van der Waals surface area contributed by atoms with Gasteiger partial charge in [-0.15, -0.1) is 23.6 Å². The number of carbonyl (C=O) groups is 1. The number of thioether (sulfide) groups is 1. The van der Waals surface area contributed by atoms with Crippen molar-refractivity contribution in [3.63, 3.8) is 0 Å². The average Bonchev–Trinajstić information content (AvgIpc) is 2.25. The first kappa shape index (κ1) is 11.6. The zero-order valence-corrected chi connectivity index (χ0v) is 9.17. The molecule has 1 heterocycles. The Morgan fingerprint density at radius 1 is 1.67 bits per heavy atom. The van der Waals surface area contributed by atoms with E-state index in [-0.39, 0.29) is 5.69 Å². The third-order valence-electron chi connectivity index (χ3n) is 1.62. The molecule has 1 aromatic rings. The molecule has 0 aromatic carbocycles. The standard InChI is InChI=1S/C11H11NO2S/c1-2-3-4-7-15-9-5-6-12-10(8-9)11(13)14/h5-6,8H,4,7H2,1H3,(H,13,14). The molecular formula is C11H11NO2S. The van der Waals surface area contributed by atoms with Crippen LogP contribution in [0, 0.1) is 11.8 Å². The van der Waals surface area contributed by atoms with Crippen molar-refractivity contribution >= 4 is 17.7 Å². The van der Waals surface area contributed by atoms with Gasteiger partial charge in [-0.1, -0.05) is 0 Å². The Hall–Kier alpha value is -1.47. The summed E-state index contributed by atoms with van der Waals surface area (Å²) >= 11 is 1.59. The Kier molecular flexibility index (Phi) is 4.72. The first-order valence-corrected chi connectivity index (χ1v) is 5.44. The summed E-state index contributed by atoms with van der Waals surface area (Å²) in [4.78, 5) is 15.3. The molecule has 0 saturated carbocycles. The van der Waals surface area contributed by atoms with Crippen molar-refractivity contribution in [2.24, 2.45) is 0 Å². The van der Waals surface area contributed by atoms with Crippen LogP contribution in [-0.2, 0) is 0 Å². The monoisotopic (exact) mass is 221 g/mol. The second-order valence-electron chi connectivity index (χ2n) is 2.71. The fourth-order valence-corrected chi connectivity index (χ4v) is 1.75. The Morgan fingerprint density at radius 2 is 2.47 bits per heavy atom. The van der Waals surface area contributed by atoms with Gasteiger partial charge in [0, 0.05) is 23.3 Å². The highest BCUT2D eigenvalue weighted by Gasteiger charge is 2.04. The summed E-state index contributed by atoms with van der Waals surface area (Å²) in [5.74, 6) is 5.64. The summed E-state index contributed by atoms with van der Waals surface area (Å²) in [5.41, 5.74) is 0.0848. The van der Waals surface area contributed by atoms with E-state index in [1.54, 1.807) is 30.8 Å². The highest BCUT2D eigenvalue weighted by molar-refractivity contribution is 7.99. The molecule has 0 atom stereocenters. The highest BCUT2D eigenvalue weighted by Crippen LogP contribution is 2.18. The second-order valence-corrected chi connectivity index (χ2v) is 3.88. The van der Waals surface area contributed by atoms with Crippen molar-refractivity contribution in [2.75, 3.05) is 5.75 Å². The van der Waals surface area contributed by atoms with Gasteiger partial charge in [0.2, 0.25) is 0 Å². The van der Waals surface area contributed by atoms with Crippen molar-refractivity contribution in [1.82, 2.24) is 4.98 Å². The molecule has 0 spiro atoms. The topological polar surface area (TPSA) is 50.2 Å². The minimum Gasteiger partial charge on any atom is -0.477 e. The van der Waals surface area contributed by atoms with Crippen LogP contribution in [0.25, 0.3) is 0 Å². The number of carboxylic acid groups (broad SMARTS) is 1. The summed E-state index contributed by atoms with van der Waals surface area (Å²) in [5, 5.41) is 8.72. The Bertz CT molecular complexity index is 407. The zero-order valence-electron chi connectivity index (χ0n) is 8.36. The normalized spacial score (nSPS) is 9.13. The van der Waals surface area contributed by atoms with Crippen molar-refractivity contribution in [3.05, 3.63) is 24.0 Å². The third kappa shape index (κ3) is 4.05. The number of nitrogens with zero attached hydrogens (tertiary/aromatic N) is 1. The molecule has 0 aliphatic carbocycles. The highest BCUT2D eigenvalue weighted by atomic mass is 32.2. The smallest absolute Gasteiger partial charge is 0.354 e. The van der Waals surface area contributed by atoms with Crippen molar-refractivity contribution < 1.29 is 9.90 Å². The molecule has 1 N–H and O–H groups in total. The van der Waals surface area contributed by atoms with Gasteiger partial charge in [-0.05, 0) is 19.1 Å². The summed E-state index contributed by atoms with van der Waals surface area (Å²) in [6, 6.07) is 3.38. The van der Waals surface area contributed by atoms with E-state index in [1.165, 1.54) is 6.20 Å². The average molecular weight is 221 g/mol. The summed E-state index contributed by atoms with van der Waals surface area (Å²) in [7, 11) is 0. The quantitative estimate of drug-likeness (QED) is 0.481. The molecule has 0 aliphatic rings. The molecule has 3 nitrogen and oxygen atoms in total. The predicted molar refractivity (Wildman–Crippen MR) is 60.0 cm³/mol. The van der Waals surface area contributed by atoms with Gasteiger partial charge in [-0.3, -0.25) is 0 Å². The lowest BCUT2D eigenvalue weighted by molar-refractivity contribution is 0.0690. The van der Waals surface area contributed by atoms with E-state index >= 15 is 0 Å². The largest absolute Gasteiger partial charge is 0.477 e. The van der Waals surface area contributed by atoms with Crippen LogP contribution in [0.5, 0.6) is 0 Å². The van der Waals surface area contributed by atoms with Crippen LogP contribution < -0.4 is 0 Å². The molecule has 0 fully saturated rings. The lowest BCUT2D eigenvalue weighted by Crippen LogP contribution is -1.99. The summed E-state index contributed by atoms with van der Waals surface area (Å²) in [6.45, 7) is 1.81. The van der Waals surface area contributed by atoms with Gasteiger partial charge < -0.3 is 5.11 Å². The molecule has 4 heteroatoms. The number of hydrogen-bond donors (Lipinski definition) is 1. The van der Waals surface area contributed by atoms with E-state index in [9.17, 15) is 4.79 Å². The van der Waals surface area contributed by atoms with Gasteiger partial charge >= 0.3 is 5.97 Å². The lowest BCUT2D eigenvalue weighted by Gasteiger charge is -1.99. The second kappa shape index (κ2) is 6.10. The van der Waals surface area contributed by atoms with Crippen molar-refractivity contribution in [3.8, 4) is 11.8 Å². The SMILES string of the molecule is CC#CCCSc1ccnc(C(=O)O)c1. The molecule has 78 valence electrons. The van der Waals surface area contributed by atoms with E-state index in [2.05, 4.69) is 16.8 Å². The third-order valence-corrected chi connectivity index (χ3v) is 2.62. The van der Waals surface area contributed by atoms with Crippen LogP contribution >= 0.6 is 11.8 Å². The molecule has 1 aromatic heterocycles. The van der Waals surface area contributed by atoms with E-state index in [0.29, 0.717) is 0 Å². The number of carboxylic acids is 1. The number of hydrogen-bond acceptors (Lipinski definition) is 3. The number of aromatic nitrogens is 1. The first-order valence-electron chi connectivity index (χ1n) is 4.46. The van der Waals surface area contributed by atoms with Crippen LogP contribution in [0.3, 0.4) is 0 Å². The van der Waals surface area contributed by atoms with E-state index in [4.69, 9.17) is 5.11 Å². The van der Waals surface area contributed by atoms with Crippen LogP contribution in [0.15, 0.2) is 23.2 Å². The van der Waals surface area contributed by atoms with E-state index < -0.39 is 5.97 Å². The minimum atomic E-state index is -0.995. The van der Waals surface area contributed by atoms with Crippen LogP contribution in [0.1, 0.15) is 23.8 Å². The predicted octanol–water partition coefficient (Wildman–Crippen LogP) is 2.29. The number of rotatable bonds is 4. The molecule has 1 rings (SSSR count). The van der Waals surface area contributed by atoms with Gasteiger partial charge in [-0.2, -0.15) is 0 Å². The van der Waals surface area contributed by atoms with E-state index in [1.807, 2.05) is 0 Å². The minimum absolute atomic E-state index is 0.0848. The Morgan fingerprint density at radius 3 is 3.13 bits per heavy atom. The van der Waals surface area contributed by atoms with Gasteiger partial charge in [0.05, 0.1) is 0 Å². The first-order chi connectivity index (χ1) is 7.24. The lowest BCUT2D eigenvalue weighted by atomic mass is 10.3. The number of pyridine rings is 1.